The van der Waals surface area contributed by atoms with Gasteiger partial charge in [-0.2, -0.15) is 0 Å². The highest BCUT2D eigenvalue weighted by Gasteiger charge is 2.73. The van der Waals surface area contributed by atoms with E-state index < -0.39 is 35.5 Å². The summed E-state index contributed by atoms with van der Waals surface area (Å²) in [5, 5.41) is 2.15. The number of likely N-dealkylation sites (tertiary alicyclic amines) is 1. The van der Waals surface area contributed by atoms with E-state index in [0.717, 1.165) is 4.90 Å². The molecule has 20 heavy (non-hydrogen) atoms. The summed E-state index contributed by atoms with van der Waals surface area (Å²) in [7, 11) is 0. The molecule has 1 aliphatic carbocycles. The first kappa shape index (κ1) is 11.5. The van der Waals surface area contributed by atoms with Crippen LogP contribution in [0.5, 0.6) is 0 Å². The Bertz CT molecular complexity index is 649. The number of rotatable bonds is 1. The second-order valence-electron chi connectivity index (χ2n) is 5.19. The lowest BCUT2D eigenvalue weighted by Crippen LogP contribution is -2.55. The molecule has 4 rings (SSSR count). The highest BCUT2D eigenvalue weighted by molar-refractivity contribution is 6.23. The summed E-state index contributed by atoms with van der Waals surface area (Å²) < 4.78 is 5.38. The average Bonchev–Trinajstić information content (AvgIpc) is 3.12. The van der Waals surface area contributed by atoms with Gasteiger partial charge in [-0.25, -0.2) is 0 Å². The number of amides is 4. The minimum Gasteiger partial charge on any atom is -0.346 e. The van der Waals surface area contributed by atoms with E-state index >= 15 is 0 Å². The Balaban J connectivity index is 1.71. The van der Waals surface area contributed by atoms with E-state index in [-0.39, 0.29) is 24.3 Å². The van der Waals surface area contributed by atoms with Crippen molar-refractivity contribution >= 4 is 23.6 Å². The molecule has 0 aromatic heterocycles. The van der Waals surface area contributed by atoms with Gasteiger partial charge in [0.05, 0.1) is 5.57 Å². The van der Waals surface area contributed by atoms with Gasteiger partial charge in [0.1, 0.15) is 12.1 Å². The molecule has 7 heteroatoms. The van der Waals surface area contributed by atoms with Crippen LogP contribution in [0.25, 0.3) is 0 Å². The van der Waals surface area contributed by atoms with Crippen molar-refractivity contribution in [3.8, 4) is 0 Å². The maximum absolute atomic E-state index is 12.5. The van der Waals surface area contributed by atoms with Crippen molar-refractivity contribution in [3.63, 3.8) is 0 Å². The van der Waals surface area contributed by atoms with Crippen LogP contribution in [0.3, 0.4) is 0 Å². The largest absolute Gasteiger partial charge is 0.346 e. The number of epoxide rings is 1. The number of nitrogens with zero attached hydrogens (tertiary/aromatic N) is 1. The minimum absolute atomic E-state index is 0.113. The smallest absolute Gasteiger partial charge is 0.270 e. The zero-order chi connectivity index (χ0) is 14.1. The molecule has 7 nitrogen and oxygen atoms in total. The Hall–Kier alpha value is -2.28. The van der Waals surface area contributed by atoms with Crippen molar-refractivity contribution in [2.75, 3.05) is 0 Å². The molecule has 3 saturated heterocycles. The molecule has 4 aliphatic rings. The third-order valence-electron chi connectivity index (χ3n) is 4.11. The van der Waals surface area contributed by atoms with Crippen LogP contribution < -0.4 is 5.32 Å². The fourth-order valence-corrected chi connectivity index (χ4v) is 3.06. The topological polar surface area (TPSA) is 96.1 Å². The molecule has 102 valence electrons. The van der Waals surface area contributed by atoms with Crippen LogP contribution in [0, 0.1) is 0 Å². The van der Waals surface area contributed by atoms with Crippen LogP contribution in [0.1, 0.15) is 12.8 Å². The molecule has 0 bridgehead atoms. The molecule has 3 unspecified atom stereocenters. The second kappa shape index (κ2) is 3.43. The van der Waals surface area contributed by atoms with E-state index in [9.17, 15) is 19.2 Å². The van der Waals surface area contributed by atoms with E-state index in [1.807, 2.05) is 0 Å². The van der Waals surface area contributed by atoms with Gasteiger partial charge in [0.2, 0.25) is 17.4 Å². The molecule has 0 saturated carbocycles. The lowest BCUT2D eigenvalue weighted by molar-refractivity contribution is -0.151. The molecule has 1 spiro atoms. The molecule has 4 amide bonds. The maximum atomic E-state index is 12.5. The Morgan fingerprint density at radius 2 is 2.10 bits per heavy atom. The number of hydrogen-bond donors (Lipinski definition) is 1. The number of nitrogens with one attached hydrogen (secondary N) is 1. The van der Waals surface area contributed by atoms with Gasteiger partial charge < -0.3 is 4.74 Å². The van der Waals surface area contributed by atoms with Gasteiger partial charge in [0, 0.05) is 6.42 Å². The highest BCUT2D eigenvalue weighted by Crippen LogP contribution is 2.52. The molecule has 0 aromatic rings. The summed E-state index contributed by atoms with van der Waals surface area (Å²) >= 11 is 0. The zero-order valence-electron chi connectivity index (χ0n) is 10.3. The molecule has 3 fully saturated rings. The number of imide groups is 2. The Morgan fingerprint density at radius 1 is 1.30 bits per heavy atom. The molecular weight excluding hydrogens is 264 g/mol. The summed E-state index contributed by atoms with van der Waals surface area (Å²) in [6.45, 7) is 0. The third kappa shape index (κ3) is 1.18. The van der Waals surface area contributed by atoms with E-state index in [4.69, 9.17) is 4.74 Å². The van der Waals surface area contributed by atoms with Gasteiger partial charge in [0.25, 0.3) is 11.8 Å². The lowest BCUT2D eigenvalue weighted by atomic mass is 9.93. The summed E-state index contributed by atoms with van der Waals surface area (Å²) in [6, 6.07) is -0.932. The van der Waals surface area contributed by atoms with Crippen molar-refractivity contribution < 1.29 is 23.9 Å². The van der Waals surface area contributed by atoms with Gasteiger partial charge in [-0.1, -0.05) is 18.2 Å². The van der Waals surface area contributed by atoms with Crippen LogP contribution in [-0.4, -0.2) is 46.3 Å². The number of allylic oxidation sites excluding steroid dienone is 2. The molecule has 1 N–H and O–H groups in total. The summed E-state index contributed by atoms with van der Waals surface area (Å²) in [4.78, 5) is 48.8. The number of hydrogen-bond acceptors (Lipinski definition) is 5. The maximum Gasteiger partial charge on any atom is 0.270 e. The standard InChI is InChI=1S/C13H10N2O5/c16-9-5-4-7(10(17)14-9)15-11(18)6-2-1-3-8-13(6,20-8)12(15)19/h1-3,7-8H,4-5H2,(H,14,16,17). The number of carbonyl (C=O) groups excluding carboxylic acids is 4. The van der Waals surface area contributed by atoms with Gasteiger partial charge in [-0.05, 0) is 6.42 Å². The van der Waals surface area contributed by atoms with E-state index in [1.54, 1.807) is 18.2 Å². The van der Waals surface area contributed by atoms with Crippen LogP contribution in [-0.2, 0) is 23.9 Å². The Labute approximate surface area is 113 Å². The fourth-order valence-electron chi connectivity index (χ4n) is 3.06. The Morgan fingerprint density at radius 3 is 2.80 bits per heavy atom. The SMILES string of the molecule is O=C1CCC(N2C(=O)C3=CC=CC4OC34C2=O)C(=O)N1. The summed E-state index contributed by atoms with van der Waals surface area (Å²) in [5.74, 6) is -2.00. The van der Waals surface area contributed by atoms with Gasteiger partial charge in [-0.15, -0.1) is 0 Å². The third-order valence-corrected chi connectivity index (χ3v) is 4.11. The van der Waals surface area contributed by atoms with Crippen molar-refractivity contribution in [3.05, 3.63) is 23.8 Å². The second-order valence-corrected chi connectivity index (χ2v) is 5.19. The lowest BCUT2D eigenvalue weighted by Gasteiger charge is -2.27. The first-order valence-electron chi connectivity index (χ1n) is 6.34. The fraction of sp³-hybridized carbons (Fsp3) is 0.385. The summed E-state index contributed by atoms with van der Waals surface area (Å²) in [6.07, 6.45) is 4.78. The minimum atomic E-state index is -1.21. The molecule has 0 aromatic carbocycles. The molecule has 3 aliphatic heterocycles. The first-order chi connectivity index (χ1) is 9.55. The first-order valence-corrected chi connectivity index (χ1v) is 6.34. The van der Waals surface area contributed by atoms with E-state index in [0.29, 0.717) is 0 Å². The highest BCUT2D eigenvalue weighted by atomic mass is 16.6. The van der Waals surface area contributed by atoms with Crippen LogP contribution in [0.15, 0.2) is 23.8 Å². The quantitative estimate of drug-likeness (QED) is 0.478. The van der Waals surface area contributed by atoms with Crippen molar-refractivity contribution in [1.29, 1.82) is 0 Å². The predicted molar refractivity (Wildman–Crippen MR) is 62.9 cm³/mol. The number of ether oxygens (including phenoxy) is 1. The molecule has 3 heterocycles. The Kier molecular flexibility index (Phi) is 1.98. The molecular formula is C13H10N2O5. The average molecular weight is 274 g/mol. The van der Waals surface area contributed by atoms with Gasteiger partial charge in [-0.3, -0.25) is 29.4 Å². The van der Waals surface area contributed by atoms with Crippen LogP contribution in [0.2, 0.25) is 0 Å². The number of carbonyl (C=O) groups is 4. The van der Waals surface area contributed by atoms with E-state index in [1.165, 1.54) is 0 Å². The molecule has 0 radical (unpaired) electrons. The predicted octanol–water partition coefficient (Wildman–Crippen LogP) is -1.21. The number of piperidine rings is 1. The molecule has 3 atom stereocenters. The normalized spacial score (nSPS) is 38.4. The van der Waals surface area contributed by atoms with Crippen molar-refractivity contribution in [2.24, 2.45) is 0 Å². The monoisotopic (exact) mass is 274 g/mol. The van der Waals surface area contributed by atoms with Crippen LogP contribution >= 0.6 is 0 Å². The van der Waals surface area contributed by atoms with Gasteiger partial charge >= 0.3 is 0 Å². The summed E-state index contributed by atoms with van der Waals surface area (Å²) in [5.41, 5.74) is -0.937. The van der Waals surface area contributed by atoms with Gasteiger partial charge in [0.15, 0.2) is 0 Å². The van der Waals surface area contributed by atoms with Crippen molar-refractivity contribution in [1.82, 2.24) is 10.2 Å². The van der Waals surface area contributed by atoms with Crippen LogP contribution in [0.4, 0.5) is 0 Å². The van der Waals surface area contributed by atoms with Crippen molar-refractivity contribution in [2.45, 2.75) is 30.6 Å². The van der Waals surface area contributed by atoms with E-state index in [2.05, 4.69) is 5.32 Å². The zero-order valence-corrected chi connectivity index (χ0v) is 10.3.